The first-order valence-corrected chi connectivity index (χ1v) is 11.3. The Kier molecular flexibility index (Phi) is 10.6. The molecule has 1 aromatic rings. The van der Waals surface area contributed by atoms with E-state index in [0.29, 0.717) is 44.3 Å². The number of ether oxygens (including phenoxy) is 2. The molecule has 5 atom stereocenters. The maximum Gasteiger partial charge on any atom is 0.328 e. The lowest BCUT2D eigenvalue weighted by Gasteiger charge is -2.28. The summed E-state index contributed by atoms with van der Waals surface area (Å²) in [6.45, 7) is 5.60. The normalized spacial score (nSPS) is 20.3. The molecule has 2 rings (SSSR count). The summed E-state index contributed by atoms with van der Waals surface area (Å²) in [4.78, 5) is 24.7. The van der Waals surface area contributed by atoms with Crippen molar-refractivity contribution in [3.63, 3.8) is 0 Å². The van der Waals surface area contributed by atoms with Crippen LogP contribution in [0.25, 0.3) is 0 Å². The highest BCUT2D eigenvalue weighted by Crippen LogP contribution is 2.13. The molecule has 0 radical (unpaired) electrons. The van der Waals surface area contributed by atoms with E-state index in [4.69, 9.17) is 15.2 Å². The zero-order valence-corrected chi connectivity index (χ0v) is 18.8. The molecule has 7 nitrogen and oxygen atoms in total. The highest BCUT2D eigenvalue weighted by Gasteiger charge is 2.31. The van der Waals surface area contributed by atoms with Crippen LogP contribution in [-0.2, 0) is 25.5 Å². The van der Waals surface area contributed by atoms with Gasteiger partial charge in [0.15, 0.2) is 0 Å². The van der Waals surface area contributed by atoms with Crippen LogP contribution < -0.4 is 16.4 Å². The van der Waals surface area contributed by atoms with Crippen molar-refractivity contribution in [3.05, 3.63) is 35.9 Å². The molecule has 30 heavy (non-hydrogen) atoms. The van der Waals surface area contributed by atoms with Gasteiger partial charge in [-0.05, 0) is 11.5 Å². The van der Waals surface area contributed by atoms with E-state index in [-0.39, 0.29) is 24.0 Å². The zero-order valence-electron chi connectivity index (χ0n) is 17.9. The van der Waals surface area contributed by atoms with Crippen molar-refractivity contribution in [1.29, 1.82) is 0 Å². The molecule has 0 spiro atoms. The van der Waals surface area contributed by atoms with Gasteiger partial charge in [-0.2, -0.15) is 12.6 Å². The molecule has 1 aromatic carbocycles. The first kappa shape index (κ1) is 24.7. The van der Waals surface area contributed by atoms with Crippen LogP contribution in [0.1, 0.15) is 32.3 Å². The highest BCUT2D eigenvalue weighted by molar-refractivity contribution is 7.80. The van der Waals surface area contributed by atoms with Gasteiger partial charge in [0.25, 0.3) is 0 Å². The van der Waals surface area contributed by atoms with Crippen LogP contribution in [0.5, 0.6) is 0 Å². The van der Waals surface area contributed by atoms with Gasteiger partial charge in [-0.25, -0.2) is 4.79 Å². The minimum Gasteiger partial charge on any atom is -0.464 e. The Morgan fingerprint density at radius 2 is 2.10 bits per heavy atom. The summed E-state index contributed by atoms with van der Waals surface area (Å²) in [7, 11) is 0. The third-order valence-corrected chi connectivity index (χ3v) is 5.96. The number of hydrogen-bond acceptors (Lipinski definition) is 7. The van der Waals surface area contributed by atoms with Gasteiger partial charge in [-0.3, -0.25) is 4.79 Å². The maximum absolute atomic E-state index is 12.9. The molecule has 0 aliphatic carbocycles. The summed E-state index contributed by atoms with van der Waals surface area (Å²) in [6, 6.07) is 9.13. The Morgan fingerprint density at radius 1 is 1.37 bits per heavy atom. The Labute approximate surface area is 184 Å². The fraction of sp³-hybridized carbons (Fsp3) is 0.636. The van der Waals surface area contributed by atoms with E-state index in [0.717, 1.165) is 12.0 Å². The van der Waals surface area contributed by atoms with Gasteiger partial charge < -0.3 is 25.8 Å². The fourth-order valence-corrected chi connectivity index (χ4v) is 3.37. The van der Waals surface area contributed by atoms with Gasteiger partial charge in [-0.1, -0.05) is 50.6 Å². The second-order valence-electron chi connectivity index (χ2n) is 7.87. The summed E-state index contributed by atoms with van der Waals surface area (Å²) >= 11 is 4.24. The van der Waals surface area contributed by atoms with Crippen molar-refractivity contribution in [2.24, 2.45) is 11.7 Å². The number of carbonyl (C=O) groups excluding carboxylic acids is 2. The monoisotopic (exact) mass is 437 g/mol. The summed E-state index contributed by atoms with van der Waals surface area (Å²) in [6.07, 6.45) is 1.19. The molecule has 1 amide bonds. The van der Waals surface area contributed by atoms with Crippen molar-refractivity contribution in [2.75, 3.05) is 25.5 Å². The van der Waals surface area contributed by atoms with E-state index in [1.807, 2.05) is 30.3 Å². The van der Waals surface area contributed by atoms with E-state index in [9.17, 15) is 9.59 Å². The smallest absolute Gasteiger partial charge is 0.328 e. The molecule has 1 aliphatic heterocycles. The third kappa shape index (κ3) is 7.91. The molecule has 0 bridgehead atoms. The largest absolute Gasteiger partial charge is 0.464 e. The molecule has 168 valence electrons. The molecule has 1 aliphatic rings. The number of esters is 1. The molecule has 4 N–H and O–H groups in total. The Hall–Kier alpha value is -1.61. The van der Waals surface area contributed by atoms with E-state index in [1.54, 1.807) is 0 Å². The molecular formula is C22H35N3O4S. The Morgan fingerprint density at radius 3 is 2.70 bits per heavy atom. The van der Waals surface area contributed by atoms with Gasteiger partial charge in [0.05, 0.1) is 13.2 Å². The van der Waals surface area contributed by atoms with Crippen LogP contribution in [-0.4, -0.2) is 61.6 Å². The van der Waals surface area contributed by atoms with Crippen molar-refractivity contribution in [3.8, 4) is 0 Å². The minimum absolute atomic E-state index is 0.0447. The summed E-state index contributed by atoms with van der Waals surface area (Å²) in [5.74, 6) is 0.263. The second-order valence-corrected chi connectivity index (χ2v) is 8.24. The van der Waals surface area contributed by atoms with Gasteiger partial charge in [0, 0.05) is 37.2 Å². The van der Waals surface area contributed by atoms with Crippen LogP contribution in [0.15, 0.2) is 30.3 Å². The van der Waals surface area contributed by atoms with Gasteiger partial charge in [0.2, 0.25) is 5.91 Å². The quantitative estimate of drug-likeness (QED) is 0.274. The van der Waals surface area contributed by atoms with Gasteiger partial charge >= 0.3 is 5.97 Å². The van der Waals surface area contributed by atoms with E-state index >= 15 is 0 Å². The molecule has 1 fully saturated rings. The number of rotatable bonds is 13. The minimum atomic E-state index is -0.701. The summed E-state index contributed by atoms with van der Waals surface area (Å²) in [5, 5.41) is 6.24. The van der Waals surface area contributed by atoms with E-state index < -0.39 is 12.1 Å². The first-order valence-electron chi connectivity index (χ1n) is 10.7. The SMILES string of the molecule is CC[C@H](C)C(CO[C@H](Cc1ccccc1)C(=O)NC1CCOC1=O)NCC(N)CS. The lowest BCUT2D eigenvalue weighted by molar-refractivity contribution is -0.143. The maximum atomic E-state index is 12.9. The Balaban J connectivity index is 2.03. The number of carbonyl (C=O) groups is 2. The third-order valence-electron chi connectivity index (χ3n) is 5.49. The lowest BCUT2D eigenvalue weighted by atomic mass is 9.99. The van der Waals surface area contributed by atoms with Crippen LogP contribution >= 0.6 is 12.6 Å². The number of hydrogen-bond donors (Lipinski definition) is 4. The first-order chi connectivity index (χ1) is 14.4. The molecule has 8 heteroatoms. The molecule has 0 saturated carbocycles. The van der Waals surface area contributed by atoms with Crippen LogP contribution in [0.2, 0.25) is 0 Å². The molecule has 1 heterocycles. The Bertz CT molecular complexity index is 661. The average molecular weight is 438 g/mol. The summed E-state index contributed by atoms with van der Waals surface area (Å²) in [5.41, 5.74) is 6.98. The number of nitrogens with one attached hydrogen (secondary N) is 2. The van der Waals surface area contributed by atoms with Crippen molar-refractivity contribution >= 4 is 24.5 Å². The number of thiol groups is 1. The predicted octanol–water partition coefficient (Wildman–Crippen LogP) is 1.31. The van der Waals surface area contributed by atoms with Crippen molar-refractivity contribution in [1.82, 2.24) is 10.6 Å². The van der Waals surface area contributed by atoms with E-state index in [1.165, 1.54) is 0 Å². The highest BCUT2D eigenvalue weighted by atomic mass is 32.1. The van der Waals surface area contributed by atoms with Crippen LogP contribution in [0, 0.1) is 5.92 Å². The fourth-order valence-electron chi connectivity index (χ4n) is 3.24. The van der Waals surface area contributed by atoms with Crippen molar-refractivity contribution in [2.45, 2.75) is 57.3 Å². The molecular weight excluding hydrogens is 402 g/mol. The number of cyclic esters (lactones) is 1. The standard InChI is InChI=1S/C22H35N3O4S/c1-3-15(2)19(24-12-17(23)14-30)13-29-20(11-16-7-5-4-6-8-16)21(26)25-18-9-10-28-22(18)27/h4-8,15,17-20,24,30H,3,9-14,23H2,1-2H3,(H,25,26)/t15-,17?,18?,19?,20+/m0/s1. The van der Waals surface area contributed by atoms with E-state index in [2.05, 4.69) is 37.1 Å². The average Bonchev–Trinajstić information content (AvgIpc) is 3.16. The lowest BCUT2D eigenvalue weighted by Crippen LogP contribution is -2.49. The number of amides is 1. The zero-order chi connectivity index (χ0) is 21.9. The van der Waals surface area contributed by atoms with Crippen molar-refractivity contribution < 1.29 is 19.1 Å². The second kappa shape index (κ2) is 12.9. The molecule has 3 unspecified atom stereocenters. The number of nitrogens with two attached hydrogens (primary N) is 1. The number of benzene rings is 1. The van der Waals surface area contributed by atoms with Crippen LogP contribution in [0.4, 0.5) is 0 Å². The van der Waals surface area contributed by atoms with Crippen LogP contribution in [0.3, 0.4) is 0 Å². The molecule has 1 saturated heterocycles. The van der Waals surface area contributed by atoms with Gasteiger partial charge in [-0.15, -0.1) is 0 Å². The summed E-state index contributed by atoms with van der Waals surface area (Å²) < 4.78 is 11.1. The predicted molar refractivity (Wildman–Crippen MR) is 120 cm³/mol. The van der Waals surface area contributed by atoms with Gasteiger partial charge in [0.1, 0.15) is 12.1 Å². The molecule has 0 aromatic heterocycles. The topological polar surface area (TPSA) is 103 Å².